The summed E-state index contributed by atoms with van der Waals surface area (Å²) < 4.78 is 1.06. The molecule has 4 heteroatoms. The van der Waals surface area contributed by atoms with Crippen molar-refractivity contribution in [3.8, 4) is 0 Å². The maximum atomic E-state index is 4.95. The van der Waals surface area contributed by atoms with E-state index in [2.05, 4.69) is 56.5 Å². The quantitative estimate of drug-likeness (QED) is 0.586. The first-order chi connectivity index (χ1) is 11.7. The number of hydrogen-bond donors (Lipinski definition) is 1. The Kier molecular flexibility index (Phi) is 3.82. The predicted octanol–water partition coefficient (Wildman–Crippen LogP) is 5.72. The van der Waals surface area contributed by atoms with Gasteiger partial charge in [0.2, 0.25) is 0 Å². The van der Waals surface area contributed by atoms with Crippen molar-refractivity contribution in [2.75, 3.05) is 17.3 Å². The van der Waals surface area contributed by atoms with Crippen LogP contribution in [-0.4, -0.2) is 12.9 Å². The van der Waals surface area contributed by atoms with Crippen molar-refractivity contribution >= 4 is 44.5 Å². The number of halogens is 1. The van der Waals surface area contributed by atoms with E-state index in [1.807, 2.05) is 49.5 Å². The van der Waals surface area contributed by atoms with Crippen molar-refractivity contribution in [2.45, 2.75) is 0 Å². The molecule has 0 saturated carbocycles. The molecule has 0 fully saturated rings. The Balaban J connectivity index is 1.88. The molecule has 118 valence electrons. The fourth-order valence-corrected chi connectivity index (χ4v) is 3.09. The number of fused-ring (bicyclic) bond motifs is 2. The second-order valence-electron chi connectivity index (χ2n) is 5.66. The molecule has 0 aromatic heterocycles. The van der Waals surface area contributed by atoms with Gasteiger partial charge in [0.1, 0.15) is 5.84 Å². The lowest BCUT2D eigenvalue weighted by Crippen LogP contribution is -2.27. The summed E-state index contributed by atoms with van der Waals surface area (Å²) in [7, 11) is 2.05. The Bertz CT molecular complexity index is 916. The minimum atomic E-state index is 0.922. The third-order valence-corrected chi connectivity index (χ3v) is 4.63. The Morgan fingerprint density at radius 1 is 0.833 bits per heavy atom. The summed E-state index contributed by atoms with van der Waals surface area (Å²) in [5, 5.41) is 3.50. The van der Waals surface area contributed by atoms with Gasteiger partial charge in [-0.05, 0) is 48.5 Å². The van der Waals surface area contributed by atoms with E-state index in [0.29, 0.717) is 0 Å². The molecule has 1 aliphatic heterocycles. The van der Waals surface area contributed by atoms with Gasteiger partial charge in [0.25, 0.3) is 0 Å². The number of nitrogens with one attached hydrogen (secondary N) is 1. The van der Waals surface area contributed by atoms with Crippen molar-refractivity contribution < 1.29 is 0 Å². The molecule has 24 heavy (non-hydrogen) atoms. The van der Waals surface area contributed by atoms with E-state index in [0.717, 1.165) is 38.6 Å². The normalized spacial score (nSPS) is 12.3. The number of para-hydroxylation sites is 3. The maximum Gasteiger partial charge on any atom is 0.142 e. The highest BCUT2D eigenvalue weighted by Gasteiger charge is 2.19. The second kappa shape index (κ2) is 6.13. The number of nitrogens with zero attached hydrogens (tertiary/aromatic N) is 2. The highest BCUT2D eigenvalue weighted by atomic mass is 79.9. The zero-order valence-corrected chi connectivity index (χ0v) is 14.8. The van der Waals surface area contributed by atoms with Crippen LogP contribution in [0.4, 0.5) is 22.7 Å². The Morgan fingerprint density at radius 3 is 2.29 bits per heavy atom. The van der Waals surface area contributed by atoms with E-state index < -0.39 is 0 Å². The van der Waals surface area contributed by atoms with Crippen LogP contribution in [0, 0.1) is 0 Å². The summed E-state index contributed by atoms with van der Waals surface area (Å²) in [5.41, 5.74) is 5.19. The lowest BCUT2D eigenvalue weighted by Gasteiger charge is -2.22. The number of anilines is 3. The van der Waals surface area contributed by atoms with Crippen LogP contribution in [0.25, 0.3) is 0 Å². The predicted molar refractivity (Wildman–Crippen MR) is 105 cm³/mol. The van der Waals surface area contributed by atoms with E-state index in [1.54, 1.807) is 0 Å². The molecule has 3 nitrogen and oxygen atoms in total. The summed E-state index contributed by atoms with van der Waals surface area (Å²) >= 11 is 3.49. The Morgan fingerprint density at radius 2 is 1.50 bits per heavy atom. The zero-order valence-electron chi connectivity index (χ0n) is 13.2. The van der Waals surface area contributed by atoms with Crippen molar-refractivity contribution in [2.24, 2.45) is 4.99 Å². The summed E-state index contributed by atoms with van der Waals surface area (Å²) in [6.07, 6.45) is 0. The van der Waals surface area contributed by atoms with E-state index in [-0.39, 0.29) is 0 Å². The minimum absolute atomic E-state index is 0.922. The average Bonchev–Trinajstić information content (AvgIpc) is 2.78. The molecule has 0 amide bonds. The van der Waals surface area contributed by atoms with Crippen molar-refractivity contribution in [3.05, 3.63) is 82.8 Å². The summed E-state index contributed by atoms with van der Waals surface area (Å²) in [4.78, 5) is 7.07. The molecule has 1 aliphatic rings. The molecule has 4 rings (SSSR count). The largest absolute Gasteiger partial charge is 0.353 e. The van der Waals surface area contributed by atoms with Gasteiger partial charge in [0.05, 0.1) is 11.4 Å². The summed E-state index contributed by atoms with van der Waals surface area (Å²) in [5.74, 6) is 0.922. The van der Waals surface area contributed by atoms with Gasteiger partial charge in [-0.15, -0.1) is 0 Å². The van der Waals surface area contributed by atoms with Gasteiger partial charge < -0.3 is 10.2 Å². The SMILES string of the molecule is CN(C1=Nc2ccccc2Nc2ccccc21)c1ccc(Br)cc1. The molecule has 1 heterocycles. The van der Waals surface area contributed by atoms with Crippen LogP contribution in [0.1, 0.15) is 5.56 Å². The molecule has 0 atom stereocenters. The van der Waals surface area contributed by atoms with E-state index >= 15 is 0 Å². The average molecular weight is 378 g/mol. The van der Waals surface area contributed by atoms with Crippen LogP contribution < -0.4 is 10.2 Å². The maximum absolute atomic E-state index is 4.95. The van der Waals surface area contributed by atoms with E-state index in [9.17, 15) is 0 Å². The van der Waals surface area contributed by atoms with Crippen molar-refractivity contribution in [1.82, 2.24) is 0 Å². The van der Waals surface area contributed by atoms with Gasteiger partial charge in [0, 0.05) is 28.5 Å². The van der Waals surface area contributed by atoms with Crippen LogP contribution in [0.15, 0.2) is 82.3 Å². The topological polar surface area (TPSA) is 27.6 Å². The van der Waals surface area contributed by atoms with Crippen LogP contribution in [0.5, 0.6) is 0 Å². The standard InChI is InChI=1S/C20H16BrN3/c1-24(15-12-10-14(21)11-13-15)20-16-6-2-3-7-17(16)22-18-8-4-5-9-19(18)23-20/h2-13,22H,1H3. The molecule has 3 aromatic carbocycles. The van der Waals surface area contributed by atoms with Crippen molar-refractivity contribution in [3.63, 3.8) is 0 Å². The van der Waals surface area contributed by atoms with Crippen LogP contribution in [0.2, 0.25) is 0 Å². The Labute approximate surface area is 149 Å². The number of amidine groups is 1. The first-order valence-corrected chi connectivity index (χ1v) is 8.55. The summed E-state index contributed by atoms with van der Waals surface area (Å²) in [6.45, 7) is 0. The highest BCUT2D eigenvalue weighted by Crippen LogP contribution is 2.35. The van der Waals surface area contributed by atoms with Gasteiger partial charge in [0.15, 0.2) is 0 Å². The minimum Gasteiger partial charge on any atom is -0.353 e. The summed E-state index contributed by atoms with van der Waals surface area (Å²) in [6, 6.07) is 24.6. The van der Waals surface area contributed by atoms with Gasteiger partial charge in [-0.25, -0.2) is 4.99 Å². The Hall–Kier alpha value is -2.59. The molecule has 1 N–H and O–H groups in total. The molecule has 0 spiro atoms. The highest BCUT2D eigenvalue weighted by molar-refractivity contribution is 9.10. The van der Waals surface area contributed by atoms with Crippen LogP contribution in [-0.2, 0) is 0 Å². The third-order valence-electron chi connectivity index (χ3n) is 4.10. The van der Waals surface area contributed by atoms with E-state index in [4.69, 9.17) is 4.99 Å². The van der Waals surface area contributed by atoms with Crippen LogP contribution in [0.3, 0.4) is 0 Å². The number of benzene rings is 3. The molecule has 0 aliphatic carbocycles. The molecule has 3 aromatic rings. The number of hydrogen-bond acceptors (Lipinski definition) is 3. The molecule has 0 radical (unpaired) electrons. The molecular formula is C20H16BrN3. The smallest absolute Gasteiger partial charge is 0.142 e. The van der Waals surface area contributed by atoms with Gasteiger partial charge in [-0.1, -0.05) is 40.2 Å². The monoisotopic (exact) mass is 377 g/mol. The van der Waals surface area contributed by atoms with Gasteiger partial charge in [-0.3, -0.25) is 0 Å². The molecule has 0 bridgehead atoms. The number of rotatable bonds is 1. The zero-order chi connectivity index (χ0) is 16.5. The van der Waals surface area contributed by atoms with E-state index in [1.165, 1.54) is 0 Å². The fraction of sp³-hybridized carbons (Fsp3) is 0.0500. The van der Waals surface area contributed by atoms with Gasteiger partial charge in [-0.2, -0.15) is 0 Å². The number of aliphatic imine (C=N–C) groups is 1. The lowest BCUT2D eigenvalue weighted by atomic mass is 10.1. The fourth-order valence-electron chi connectivity index (χ4n) is 2.83. The first kappa shape index (κ1) is 15.0. The van der Waals surface area contributed by atoms with Crippen molar-refractivity contribution in [1.29, 1.82) is 0 Å². The molecule has 0 saturated heterocycles. The molecular weight excluding hydrogens is 362 g/mol. The second-order valence-corrected chi connectivity index (χ2v) is 6.57. The van der Waals surface area contributed by atoms with Gasteiger partial charge >= 0.3 is 0 Å². The third kappa shape index (κ3) is 2.69. The van der Waals surface area contributed by atoms with Crippen LogP contribution >= 0.6 is 15.9 Å². The lowest BCUT2D eigenvalue weighted by molar-refractivity contribution is 1.25. The molecule has 0 unspecified atom stereocenters. The first-order valence-electron chi connectivity index (χ1n) is 7.76.